The van der Waals surface area contributed by atoms with Crippen molar-refractivity contribution < 1.29 is 17.8 Å². The third-order valence-electron chi connectivity index (χ3n) is 2.79. The van der Waals surface area contributed by atoms with Gasteiger partial charge in [-0.1, -0.05) is 0 Å². The van der Waals surface area contributed by atoms with Gasteiger partial charge in [0.1, 0.15) is 5.82 Å². The molecule has 0 bridgehead atoms. The standard InChI is InChI=1S/C8H13N3O4S/c1-8(16(13,14)15)10-7(12)4-6(9)11(8)5-2-3-5/h4-5H,2-3,9H2,1H3,(H,10,12)(H,13,14,15). The summed E-state index contributed by atoms with van der Waals surface area (Å²) in [7, 11) is -4.47. The lowest BCUT2D eigenvalue weighted by atomic mass is 10.3. The smallest absolute Gasteiger partial charge is 0.308 e. The van der Waals surface area contributed by atoms with Crippen molar-refractivity contribution in [3.8, 4) is 0 Å². The lowest BCUT2D eigenvalue weighted by molar-refractivity contribution is -0.120. The lowest BCUT2D eigenvalue weighted by Gasteiger charge is -2.42. The third-order valence-corrected chi connectivity index (χ3v) is 4.09. The lowest BCUT2D eigenvalue weighted by Crippen LogP contribution is -2.66. The van der Waals surface area contributed by atoms with Crippen molar-refractivity contribution in [2.75, 3.05) is 0 Å². The first kappa shape index (κ1) is 11.2. The molecule has 7 nitrogen and oxygen atoms in total. The number of carbonyl (C=O) groups excluding carboxylic acids is 1. The van der Waals surface area contributed by atoms with E-state index in [1.807, 2.05) is 0 Å². The van der Waals surface area contributed by atoms with Crippen molar-refractivity contribution in [1.29, 1.82) is 0 Å². The van der Waals surface area contributed by atoms with Gasteiger partial charge in [-0.25, -0.2) is 0 Å². The van der Waals surface area contributed by atoms with Crippen molar-refractivity contribution in [1.82, 2.24) is 10.2 Å². The van der Waals surface area contributed by atoms with Crippen molar-refractivity contribution in [2.45, 2.75) is 30.8 Å². The Labute approximate surface area is 93.0 Å². The summed E-state index contributed by atoms with van der Waals surface area (Å²) in [5.41, 5.74) is 5.63. The zero-order valence-electron chi connectivity index (χ0n) is 8.67. The SMILES string of the molecule is CC1(S(=O)(=O)O)NC(=O)C=C(N)N1C1CC1. The van der Waals surface area contributed by atoms with Crippen LogP contribution in [0.4, 0.5) is 0 Å². The van der Waals surface area contributed by atoms with Crippen LogP contribution in [0.15, 0.2) is 11.9 Å². The minimum absolute atomic E-state index is 0.0521. The molecule has 1 fully saturated rings. The van der Waals surface area contributed by atoms with Gasteiger partial charge in [0.05, 0.1) is 0 Å². The summed E-state index contributed by atoms with van der Waals surface area (Å²) in [6.45, 7) is 1.22. The highest BCUT2D eigenvalue weighted by atomic mass is 32.2. The van der Waals surface area contributed by atoms with Crippen LogP contribution in [-0.4, -0.2) is 34.8 Å². The van der Waals surface area contributed by atoms with E-state index in [-0.39, 0.29) is 11.9 Å². The predicted molar refractivity (Wildman–Crippen MR) is 55.2 cm³/mol. The average Bonchev–Trinajstić information content (AvgIpc) is 2.83. The first-order valence-electron chi connectivity index (χ1n) is 4.81. The van der Waals surface area contributed by atoms with Crippen molar-refractivity contribution in [2.24, 2.45) is 5.73 Å². The van der Waals surface area contributed by atoms with Gasteiger partial charge in [0.15, 0.2) is 0 Å². The molecule has 90 valence electrons. The summed E-state index contributed by atoms with van der Waals surface area (Å²) >= 11 is 0. The quantitative estimate of drug-likeness (QED) is 0.536. The van der Waals surface area contributed by atoms with Gasteiger partial charge < -0.3 is 16.0 Å². The van der Waals surface area contributed by atoms with Crippen LogP contribution in [0.25, 0.3) is 0 Å². The molecule has 0 aromatic carbocycles. The second kappa shape index (κ2) is 3.11. The normalized spacial score (nSPS) is 31.0. The van der Waals surface area contributed by atoms with Gasteiger partial charge in [0.2, 0.25) is 10.9 Å². The number of nitrogens with two attached hydrogens (primary N) is 1. The molecule has 0 saturated heterocycles. The molecular formula is C8H13N3O4S. The number of hydrogen-bond donors (Lipinski definition) is 3. The molecule has 4 N–H and O–H groups in total. The first-order chi connectivity index (χ1) is 7.25. The Morgan fingerprint density at radius 1 is 1.62 bits per heavy atom. The maximum Gasteiger partial charge on any atom is 0.308 e. The van der Waals surface area contributed by atoms with Gasteiger partial charge in [-0.05, 0) is 19.8 Å². The number of amides is 1. The third kappa shape index (κ3) is 1.54. The minimum Gasteiger partial charge on any atom is -0.385 e. The average molecular weight is 247 g/mol. The summed E-state index contributed by atoms with van der Waals surface area (Å²) < 4.78 is 31.9. The van der Waals surface area contributed by atoms with Crippen LogP contribution in [0.1, 0.15) is 19.8 Å². The molecule has 0 aromatic rings. The number of hydrogen-bond acceptors (Lipinski definition) is 5. The summed E-state index contributed by atoms with van der Waals surface area (Å²) in [4.78, 5) is 10.7. The molecule has 0 spiro atoms. The number of rotatable bonds is 2. The first-order valence-corrected chi connectivity index (χ1v) is 6.25. The molecule has 16 heavy (non-hydrogen) atoms. The number of nitrogens with one attached hydrogen (secondary N) is 1. The Bertz CT molecular complexity index is 468. The van der Waals surface area contributed by atoms with E-state index < -0.39 is 21.0 Å². The van der Waals surface area contributed by atoms with E-state index in [0.717, 1.165) is 18.9 Å². The van der Waals surface area contributed by atoms with Gasteiger partial charge in [-0.15, -0.1) is 0 Å². The van der Waals surface area contributed by atoms with Gasteiger partial charge in [0.25, 0.3) is 0 Å². The molecule has 8 heteroatoms. The van der Waals surface area contributed by atoms with E-state index >= 15 is 0 Å². The maximum absolute atomic E-state index is 11.4. The minimum atomic E-state index is -4.47. The summed E-state index contributed by atoms with van der Waals surface area (Å²) in [5, 5.41) is 2.23. The fourth-order valence-corrected chi connectivity index (χ4v) is 2.59. The topological polar surface area (TPSA) is 113 Å². The summed E-state index contributed by atoms with van der Waals surface area (Å²) in [6.07, 6.45) is 2.69. The number of nitrogens with zero attached hydrogens (tertiary/aromatic N) is 1. The summed E-state index contributed by atoms with van der Waals surface area (Å²) in [5.74, 6) is -0.569. The van der Waals surface area contributed by atoms with Crippen LogP contribution < -0.4 is 11.1 Å². The zero-order chi connectivity index (χ0) is 12.1. The van der Waals surface area contributed by atoms with Gasteiger partial charge in [-0.3, -0.25) is 9.35 Å². The Morgan fingerprint density at radius 2 is 2.19 bits per heavy atom. The molecule has 1 heterocycles. The largest absolute Gasteiger partial charge is 0.385 e. The molecule has 0 aromatic heterocycles. The van der Waals surface area contributed by atoms with E-state index in [9.17, 15) is 17.8 Å². The Morgan fingerprint density at radius 3 is 2.62 bits per heavy atom. The Kier molecular flexibility index (Phi) is 2.18. The molecule has 2 rings (SSSR count). The monoisotopic (exact) mass is 247 g/mol. The van der Waals surface area contributed by atoms with E-state index in [0.29, 0.717) is 0 Å². The van der Waals surface area contributed by atoms with E-state index in [1.54, 1.807) is 0 Å². The maximum atomic E-state index is 11.4. The molecular weight excluding hydrogens is 234 g/mol. The van der Waals surface area contributed by atoms with E-state index in [2.05, 4.69) is 5.32 Å². The van der Waals surface area contributed by atoms with Crippen LogP contribution in [0.2, 0.25) is 0 Å². The molecule has 1 atom stereocenters. The van der Waals surface area contributed by atoms with Gasteiger partial charge in [0, 0.05) is 12.1 Å². The Hall–Kier alpha value is -1.28. The predicted octanol–water partition coefficient (Wildman–Crippen LogP) is -1.06. The van der Waals surface area contributed by atoms with Crippen LogP contribution in [0, 0.1) is 0 Å². The number of carbonyl (C=O) groups is 1. The molecule has 1 amide bonds. The van der Waals surface area contributed by atoms with E-state index in [1.165, 1.54) is 11.8 Å². The highest BCUT2D eigenvalue weighted by Crippen LogP contribution is 2.37. The molecule has 1 unspecified atom stereocenters. The summed E-state index contributed by atoms with van der Waals surface area (Å²) in [6, 6.07) is -0.0521. The van der Waals surface area contributed by atoms with Crippen molar-refractivity contribution in [3.05, 3.63) is 11.9 Å². The van der Waals surface area contributed by atoms with Gasteiger partial charge in [-0.2, -0.15) is 8.42 Å². The molecule has 1 aliphatic carbocycles. The fourth-order valence-electron chi connectivity index (χ4n) is 1.86. The molecule has 1 aliphatic heterocycles. The van der Waals surface area contributed by atoms with Crippen molar-refractivity contribution in [3.63, 3.8) is 0 Å². The highest BCUT2D eigenvalue weighted by Gasteiger charge is 2.53. The van der Waals surface area contributed by atoms with Crippen LogP contribution in [0.3, 0.4) is 0 Å². The molecule has 2 aliphatic rings. The van der Waals surface area contributed by atoms with E-state index in [4.69, 9.17) is 5.73 Å². The van der Waals surface area contributed by atoms with Crippen LogP contribution in [0.5, 0.6) is 0 Å². The zero-order valence-corrected chi connectivity index (χ0v) is 9.49. The highest BCUT2D eigenvalue weighted by molar-refractivity contribution is 7.87. The second-order valence-corrected chi connectivity index (χ2v) is 5.86. The van der Waals surface area contributed by atoms with Gasteiger partial charge >= 0.3 is 10.1 Å². The molecule has 0 radical (unpaired) electrons. The fraction of sp³-hybridized carbons (Fsp3) is 0.625. The Balaban J connectivity index is 2.51. The van der Waals surface area contributed by atoms with Crippen LogP contribution in [-0.2, 0) is 14.9 Å². The van der Waals surface area contributed by atoms with Crippen molar-refractivity contribution >= 4 is 16.0 Å². The van der Waals surface area contributed by atoms with Crippen LogP contribution >= 0.6 is 0 Å². The second-order valence-electron chi connectivity index (χ2n) is 4.12. The molecule has 1 saturated carbocycles.